The van der Waals surface area contributed by atoms with E-state index >= 15 is 0 Å². The van der Waals surface area contributed by atoms with Gasteiger partial charge < -0.3 is 10.1 Å². The van der Waals surface area contributed by atoms with Crippen LogP contribution in [0.25, 0.3) is 10.8 Å². The summed E-state index contributed by atoms with van der Waals surface area (Å²) in [5.41, 5.74) is 1.33. The number of methoxy groups -OCH3 is 1. The number of fused-ring (bicyclic) bond motifs is 1. The van der Waals surface area contributed by atoms with Gasteiger partial charge in [-0.2, -0.15) is 0 Å². The van der Waals surface area contributed by atoms with E-state index in [0.29, 0.717) is 6.61 Å². The SMILES string of the molecule is COCC(Cl)CCNCc1cccc2ccccc12. The first-order valence-electron chi connectivity index (χ1n) is 6.61. The Hall–Kier alpha value is -1.09. The van der Waals surface area contributed by atoms with E-state index < -0.39 is 0 Å². The Morgan fingerprint density at radius 1 is 1.16 bits per heavy atom. The van der Waals surface area contributed by atoms with Crippen LogP contribution in [0.5, 0.6) is 0 Å². The van der Waals surface area contributed by atoms with Gasteiger partial charge in [0.25, 0.3) is 0 Å². The molecule has 19 heavy (non-hydrogen) atoms. The third kappa shape index (κ3) is 4.20. The highest BCUT2D eigenvalue weighted by molar-refractivity contribution is 6.20. The summed E-state index contributed by atoms with van der Waals surface area (Å²) >= 11 is 6.09. The van der Waals surface area contributed by atoms with Crippen molar-refractivity contribution in [3.8, 4) is 0 Å². The summed E-state index contributed by atoms with van der Waals surface area (Å²) in [6.45, 7) is 2.39. The van der Waals surface area contributed by atoms with Crippen LogP contribution in [0.1, 0.15) is 12.0 Å². The third-order valence-corrected chi connectivity index (χ3v) is 3.52. The van der Waals surface area contributed by atoms with E-state index in [1.807, 2.05) is 0 Å². The lowest BCUT2D eigenvalue weighted by Crippen LogP contribution is -2.20. The minimum absolute atomic E-state index is 0.0880. The van der Waals surface area contributed by atoms with E-state index in [-0.39, 0.29) is 5.38 Å². The molecule has 2 nitrogen and oxygen atoms in total. The number of hydrogen-bond donors (Lipinski definition) is 1. The van der Waals surface area contributed by atoms with Crippen LogP contribution < -0.4 is 5.32 Å². The zero-order valence-electron chi connectivity index (χ0n) is 11.2. The summed E-state index contributed by atoms with van der Waals surface area (Å²) in [5.74, 6) is 0. The molecule has 1 N–H and O–H groups in total. The molecule has 2 aromatic rings. The number of alkyl halides is 1. The van der Waals surface area contributed by atoms with Gasteiger partial charge >= 0.3 is 0 Å². The van der Waals surface area contributed by atoms with E-state index in [4.69, 9.17) is 16.3 Å². The second kappa shape index (κ2) is 7.49. The van der Waals surface area contributed by atoms with Crippen molar-refractivity contribution in [1.29, 1.82) is 0 Å². The molecular formula is C16H20ClNO. The highest BCUT2D eigenvalue weighted by atomic mass is 35.5. The highest BCUT2D eigenvalue weighted by Gasteiger charge is 2.04. The quantitative estimate of drug-likeness (QED) is 0.617. The van der Waals surface area contributed by atoms with E-state index in [0.717, 1.165) is 19.5 Å². The zero-order chi connectivity index (χ0) is 13.5. The molecule has 102 valence electrons. The molecule has 0 heterocycles. The molecule has 0 aliphatic rings. The Morgan fingerprint density at radius 2 is 1.95 bits per heavy atom. The average Bonchev–Trinajstić information content (AvgIpc) is 2.44. The molecule has 0 aliphatic carbocycles. The van der Waals surface area contributed by atoms with E-state index in [1.54, 1.807) is 7.11 Å². The van der Waals surface area contributed by atoms with Crippen LogP contribution >= 0.6 is 11.6 Å². The Balaban J connectivity index is 1.88. The number of nitrogens with one attached hydrogen (secondary N) is 1. The normalized spacial score (nSPS) is 12.7. The third-order valence-electron chi connectivity index (χ3n) is 3.18. The van der Waals surface area contributed by atoms with Gasteiger partial charge in [-0.05, 0) is 29.3 Å². The lowest BCUT2D eigenvalue weighted by Gasteiger charge is -2.10. The van der Waals surface area contributed by atoms with Gasteiger partial charge in [-0.15, -0.1) is 11.6 Å². The first kappa shape index (κ1) is 14.3. The molecule has 0 fully saturated rings. The van der Waals surface area contributed by atoms with Crippen LogP contribution in [0.2, 0.25) is 0 Å². The predicted molar refractivity (Wildman–Crippen MR) is 81.8 cm³/mol. The molecule has 0 saturated carbocycles. The molecule has 0 amide bonds. The van der Waals surface area contributed by atoms with Gasteiger partial charge in [0.15, 0.2) is 0 Å². The van der Waals surface area contributed by atoms with Crippen LogP contribution in [0, 0.1) is 0 Å². The fraction of sp³-hybridized carbons (Fsp3) is 0.375. The monoisotopic (exact) mass is 277 g/mol. The number of rotatable bonds is 7. The number of halogens is 1. The summed E-state index contributed by atoms with van der Waals surface area (Å²) in [6, 6.07) is 14.9. The maximum absolute atomic E-state index is 6.09. The summed E-state index contributed by atoms with van der Waals surface area (Å²) in [6.07, 6.45) is 0.917. The fourth-order valence-electron chi connectivity index (χ4n) is 2.19. The van der Waals surface area contributed by atoms with Gasteiger partial charge in [-0.25, -0.2) is 0 Å². The van der Waals surface area contributed by atoms with Crippen molar-refractivity contribution in [3.63, 3.8) is 0 Å². The van der Waals surface area contributed by atoms with Crippen LogP contribution in [-0.4, -0.2) is 25.6 Å². The van der Waals surface area contributed by atoms with Crippen LogP contribution in [0.4, 0.5) is 0 Å². The molecule has 3 heteroatoms. The maximum Gasteiger partial charge on any atom is 0.0626 e. The molecular weight excluding hydrogens is 258 g/mol. The second-order valence-electron chi connectivity index (χ2n) is 4.66. The van der Waals surface area contributed by atoms with E-state index in [9.17, 15) is 0 Å². The first-order valence-corrected chi connectivity index (χ1v) is 7.05. The molecule has 0 radical (unpaired) electrons. The second-order valence-corrected chi connectivity index (χ2v) is 5.27. The van der Waals surface area contributed by atoms with Gasteiger partial charge in [0.05, 0.1) is 12.0 Å². The highest BCUT2D eigenvalue weighted by Crippen LogP contribution is 2.18. The minimum Gasteiger partial charge on any atom is -0.383 e. The van der Waals surface area contributed by atoms with Crippen molar-refractivity contribution in [1.82, 2.24) is 5.32 Å². The van der Waals surface area contributed by atoms with Crippen LogP contribution in [-0.2, 0) is 11.3 Å². The Bertz CT molecular complexity index is 510. The van der Waals surface area contributed by atoms with Crippen molar-refractivity contribution >= 4 is 22.4 Å². The van der Waals surface area contributed by atoms with Crippen LogP contribution in [0.15, 0.2) is 42.5 Å². The van der Waals surface area contributed by atoms with E-state index in [1.165, 1.54) is 16.3 Å². The van der Waals surface area contributed by atoms with Crippen LogP contribution in [0.3, 0.4) is 0 Å². The molecule has 0 aliphatic heterocycles. The minimum atomic E-state index is 0.0880. The van der Waals surface area contributed by atoms with E-state index in [2.05, 4.69) is 47.8 Å². The number of benzene rings is 2. The van der Waals surface area contributed by atoms with Gasteiger partial charge in [-0.3, -0.25) is 0 Å². The molecule has 1 atom stereocenters. The van der Waals surface area contributed by atoms with Crippen molar-refractivity contribution in [2.24, 2.45) is 0 Å². The zero-order valence-corrected chi connectivity index (χ0v) is 12.0. The smallest absolute Gasteiger partial charge is 0.0626 e. The molecule has 2 aromatic carbocycles. The summed E-state index contributed by atoms with van der Waals surface area (Å²) in [5, 5.41) is 6.14. The molecule has 2 rings (SSSR count). The standard InChI is InChI=1S/C16H20ClNO/c1-19-12-15(17)9-10-18-11-14-7-4-6-13-5-2-3-8-16(13)14/h2-8,15,18H,9-12H2,1H3. The Kier molecular flexibility index (Phi) is 5.64. The molecule has 1 unspecified atom stereocenters. The maximum atomic E-state index is 6.09. The van der Waals surface area contributed by atoms with Crippen molar-refractivity contribution in [2.75, 3.05) is 20.3 Å². The first-order chi connectivity index (χ1) is 9.31. The lowest BCUT2D eigenvalue weighted by molar-refractivity contribution is 0.195. The van der Waals surface area contributed by atoms with Gasteiger partial charge in [0.2, 0.25) is 0 Å². The van der Waals surface area contributed by atoms with Gasteiger partial charge in [0.1, 0.15) is 0 Å². The average molecular weight is 278 g/mol. The van der Waals surface area contributed by atoms with Crippen molar-refractivity contribution in [2.45, 2.75) is 18.3 Å². The van der Waals surface area contributed by atoms with Crippen molar-refractivity contribution < 1.29 is 4.74 Å². The molecule has 0 saturated heterocycles. The number of hydrogen-bond acceptors (Lipinski definition) is 2. The largest absolute Gasteiger partial charge is 0.383 e. The lowest BCUT2D eigenvalue weighted by atomic mass is 10.0. The summed E-state index contributed by atoms with van der Waals surface area (Å²) in [4.78, 5) is 0. The molecule has 0 spiro atoms. The predicted octanol–water partition coefficient (Wildman–Crippen LogP) is 3.57. The number of ether oxygens (including phenoxy) is 1. The molecule has 0 bridgehead atoms. The Morgan fingerprint density at radius 3 is 2.79 bits per heavy atom. The fourth-order valence-corrected chi connectivity index (χ4v) is 2.43. The van der Waals surface area contributed by atoms with Gasteiger partial charge in [0, 0.05) is 13.7 Å². The van der Waals surface area contributed by atoms with Crippen molar-refractivity contribution in [3.05, 3.63) is 48.0 Å². The summed E-state index contributed by atoms with van der Waals surface area (Å²) in [7, 11) is 1.68. The summed E-state index contributed by atoms with van der Waals surface area (Å²) < 4.78 is 5.02. The molecule has 0 aromatic heterocycles. The topological polar surface area (TPSA) is 21.3 Å². The Labute approximate surface area is 119 Å². The van der Waals surface area contributed by atoms with Gasteiger partial charge in [-0.1, -0.05) is 42.5 Å².